The molecule has 1 fully saturated rings. The average Bonchev–Trinajstić information content (AvgIpc) is 3.37. The van der Waals surface area contributed by atoms with Crippen molar-refractivity contribution in [2.75, 3.05) is 19.6 Å². The van der Waals surface area contributed by atoms with E-state index in [2.05, 4.69) is 17.1 Å². The third-order valence-electron chi connectivity index (χ3n) is 6.24. The molecule has 1 amide bonds. The Morgan fingerprint density at radius 3 is 2.80 bits per heavy atom. The van der Waals surface area contributed by atoms with Crippen LogP contribution >= 0.6 is 11.3 Å². The Hall–Kier alpha value is -2.16. The number of nitrogens with one attached hydrogen (secondary N) is 1. The maximum atomic E-state index is 13.3. The van der Waals surface area contributed by atoms with Crippen molar-refractivity contribution < 1.29 is 13.2 Å². The van der Waals surface area contributed by atoms with Gasteiger partial charge >= 0.3 is 0 Å². The quantitative estimate of drug-likeness (QED) is 0.673. The molecule has 0 saturated carbocycles. The molecular formula is C22H25N3O3S2. The molecule has 0 spiro atoms. The number of amides is 1. The molecule has 5 rings (SSSR count). The van der Waals surface area contributed by atoms with Crippen LogP contribution in [0.5, 0.6) is 0 Å². The smallest absolute Gasteiger partial charge is 0.252 e. The number of H-pyrrole nitrogens is 1. The van der Waals surface area contributed by atoms with Gasteiger partial charge in [0.2, 0.25) is 5.91 Å². The van der Waals surface area contributed by atoms with Crippen molar-refractivity contribution in [1.29, 1.82) is 0 Å². The molecule has 1 atom stereocenters. The van der Waals surface area contributed by atoms with Gasteiger partial charge in [-0.25, -0.2) is 8.42 Å². The van der Waals surface area contributed by atoms with E-state index < -0.39 is 10.0 Å². The van der Waals surface area contributed by atoms with Gasteiger partial charge in [-0.1, -0.05) is 18.2 Å². The first kappa shape index (κ1) is 19.8. The number of carbonyl (C=O) groups is 1. The van der Waals surface area contributed by atoms with Crippen LogP contribution in [0.1, 0.15) is 29.0 Å². The van der Waals surface area contributed by atoms with Gasteiger partial charge in [0.15, 0.2) is 0 Å². The highest BCUT2D eigenvalue weighted by atomic mass is 32.2. The van der Waals surface area contributed by atoms with Gasteiger partial charge in [0.1, 0.15) is 4.21 Å². The number of fused-ring (bicyclic) bond motifs is 3. The lowest BCUT2D eigenvalue weighted by Crippen LogP contribution is -2.47. The van der Waals surface area contributed by atoms with Crippen molar-refractivity contribution in [1.82, 2.24) is 14.2 Å². The number of nitrogens with zero attached hydrogens (tertiary/aromatic N) is 2. The van der Waals surface area contributed by atoms with Crippen LogP contribution in [0, 0.1) is 12.8 Å². The van der Waals surface area contributed by atoms with Crippen molar-refractivity contribution in [2.45, 2.75) is 36.9 Å². The molecule has 1 N–H and O–H groups in total. The molecule has 4 heterocycles. The molecule has 1 unspecified atom stereocenters. The second kappa shape index (κ2) is 7.51. The molecular weight excluding hydrogens is 418 g/mol. The van der Waals surface area contributed by atoms with Gasteiger partial charge in [0.05, 0.1) is 5.92 Å². The third kappa shape index (κ3) is 3.36. The fourth-order valence-electron chi connectivity index (χ4n) is 4.65. The maximum absolute atomic E-state index is 13.3. The van der Waals surface area contributed by atoms with Gasteiger partial charge in [-0.3, -0.25) is 4.79 Å². The summed E-state index contributed by atoms with van der Waals surface area (Å²) in [6.45, 7) is 3.92. The SMILES string of the molecule is Cc1ccc(S(=O)(=O)N2CCCC(C(=O)N3CCc4[nH]c5ccccc5c4C3)C2)s1. The zero-order valence-corrected chi connectivity index (χ0v) is 18.6. The van der Waals surface area contributed by atoms with Crippen LogP contribution in [-0.4, -0.2) is 48.1 Å². The highest BCUT2D eigenvalue weighted by Gasteiger charge is 2.36. The summed E-state index contributed by atoms with van der Waals surface area (Å²) in [5.41, 5.74) is 3.51. The van der Waals surface area contributed by atoms with Gasteiger partial charge in [0, 0.05) is 59.6 Å². The molecule has 2 aliphatic rings. The summed E-state index contributed by atoms with van der Waals surface area (Å²) >= 11 is 1.29. The molecule has 3 aromatic rings. The first-order chi connectivity index (χ1) is 14.4. The molecule has 1 saturated heterocycles. The second-order valence-electron chi connectivity index (χ2n) is 8.20. The van der Waals surface area contributed by atoms with E-state index in [1.54, 1.807) is 6.07 Å². The van der Waals surface area contributed by atoms with Crippen LogP contribution in [0.4, 0.5) is 0 Å². The number of hydrogen-bond acceptors (Lipinski definition) is 4. The van der Waals surface area contributed by atoms with Crippen molar-refractivity contribution in [3.8, 4) is 0 Å². The van der Waals surface area contributed by atoms with E-state index in [0.717, 1.165) is 23.2 Å². The topological polar surface area (TPSA) is 73.5 Å². The van der Waals surface area contributed by atoms with Crippen LogP contribution < -0.4 is 0 Å². The molecule has 2 aromatic heterocycles. The zero-order chi connectivity index (χ0) is 20.9. The molecule has 8 heteroatoms. The number of piperidine rings is 1. The van der Waals surface area contributed by atoms with Crippen LogP contribution in [0.2, 0.25) is 0 Å². The molecule has 1 aromatic carbocycles. The number of para-hydroxylation sites is 1. The number of thiophene rings is 1. The Bertz CT molecular complexity index is 1210. The lowest BCUT2D eigenvalue weighted by molar-refractivity contribution is -0.137. The molecule has 0 aliphatic carbocycles. The lowest BCUT2D eigenvalue weighted by atomic mass is 9.96. The third-order valence-corrected chi connectivity index (χ3v) is 9.57. The molecule has 158 valence electrons. The summed E-state index contributed by atoms with van der Waals surface area (Å²) in [5, 5.41) is 1.17. The normalized spacial score (nSPS) is 20.4. The number of benzene rings is 1. The van der Waals surface area contributed by atoms with Gasteiger partial charge < -0.3 is 9.88 Å². The summed E-state index contributed by atoms with van der Waals surface area (Å²) in [6.07, 6.45) is 2.26. The van der Waals surface area contributed by atoms with E-state index in [1.807, 2.05) is 30.0 Å². The fourth-order valence-corrected chi connectivity index (χ4v) is 7.61. The van der Waals surface area contributed by atoms with Gasteiger partial charge in [-0.05, 0) is 38.0 Å². The number of aromatic nitrogens is 1. The zero-order valence-electron chi connectivity index (χ0n) is 16.9. The van der Waals surface area contributed by atoms with Gasteiger partial charge in [0.25, 0.3) is 10.0 Å². The Labute approximate surface area is 180 Å². The van der Waals surface area contributed by atoms with Crippen molar-refractivity contribution in [3.63, 3.8) is 0 Å². The minimum absolute atomic E-state index is 0.0770. The molecule has 0 bridgehead atoms. The van der Waals surface area contributed by atoms with E-state index in [0.29, 0.717) is 30.3 Å². The Morgan fingerprint density at radius 1 is 1.17 bits per heavy atom. The first-order valence-electron chi connectivity index (χ1n) is 10.4. The first-order valence-corrected chi connectivity index (χ1v) is 12.6. The molecule has 30 heavy (non-hydrogen) atoms. The summed E-state index contributed by atoms with van der Waals surface area (Å²) < 4.78 is 27.9. The van der Waals surface area contributed by atoms with Gasteiger partial charge in [-0.15, -0.1) is 11.3 Å². The maximum Gasteiger partial charge on any atom is 0.252 e. The van der Waals surface area contributed by atoms with Crippen LogP contribution in [-0.2, 0) is 27.8 Å². The molecule has 2 aliphatic heterocycles. The minimum atomic E-state index is -3.53. The van der Waals surface area contributed by atoms with Crippen LogP contribution in [0.3, 0.4) is 0 Å². The standard InChI is InChI=1S/C22H25N3O3S2/c1-15-8-9-21(29-15)30(27,28)25-11-4-5-16(13-25)22(26)24-12-10-20-18(14-24)17-6-2-3-7-19(17)23-20/h2-3,6-9,16,23H,4-5,10-14H2,1H3. The summed E-state index contributed by atoms with van der Waals surface area (Å²) in [6, 6.07) is 11.7. The van der Waals surface area contributed by atoms with Crippen molar-refractivity contribution in [2.24, 2.45) is 5.92 Å². The van der Waals surface area contributed by atoms with Crippen molar-refractivity contribution >= 4 is 38.2 Å². The number of aromatic amines is 1. The largest absolute Gasteiger partial charge is 0.358 e. The average molecular weight is 444 g/mol. The van der Waals surface area contributed by atoms with E-state index in [9.17, 15) is 13.2 Å². The predicted molar refractivity (Wildman–Crippen MR) is 118 cm³/mol. The van der Waals surface area contributed by atoms with Crippen molar-refractivity contribution in [3.05, 3.63) is 52.5 Å². The summed E-state index contributed by atoms with van der Waals surface area (Å²) in [5.74, 6) is -0.200. The van der Waals surface area contributed by atoms with E-state index in [1.165, 1.54) is 32.3 Å². The summed E-state index contributed by atoms with van der Waals surface area (Å²) in [4.78, 5) is 19.7. The van der Waals surface area contributed by atoms with E-state index in [4.69, 9.17) is 0 Å². The van der Waals surface area contributed by atoms with Gasteiger partial charge in [-0.2, -0.15) is 4.31 Å². The molecule has 6 nitrogen and oxygen atoms in total. The Kier molecular flexibility index (Phi) is 4.95. The number of carbonyl (C=O) groups excluding carboxylic acids is 1. The minimum Gasteiger partial charge on any atom is -0.358 e. The Morgan fingerprint density at radius 2 is 2.00 bits per heavy atom. The highest BCUT2D eigenvalue weighted by molar-refractivity contribution is 7.91. The highest BCUT2D eigenvalue weighted by Crippen LogP contribution is 2.31. The monoisotopic (exact) mass is 443 g/mol. The Balaban J connectivity index is 1.34. The number of rotatable bonds is 3. The van der Waals surface area contributed by atoms with Crippen LogP contribution in [0.25, 0.3) is 10.9 Å². The number of hydrogen-bond donors (Lipinski definition) is 1. The number of aryl methyl sites for hydroxylation is 1. The van der Waals surface area contributed by atoms with Crippen LogP contribution in [0.15, 0.2) is 40.6 Å². The van der Waals surface area contributed by atoms with E-state index in [-0.39, 0.29) is 18.4 Å². The fraction of sp³-hybridized carbons (Fsp3) is 0.409. The van der Waals surface area contributed by atoms with E-state index >= 15 is 0 Å². The summed E-state index contributed by atoms with van der Waals surface area (Å²) in [7, 11) is -3.53. The lowest BCUT2D eigenvalue weighted by Gasteiger charge is -2.35. The second-order valence-corrected chi connectivity index (χ2v) is 11.7. The molecule has 0 radical (unpaired) electrons. The number of sulfonamides is 1. The predicted octanol–water partition coefficient (Wildman–Crippen LogP) is 3.52.